The van der Waals surface area contributed by atoms with Crippen molar-refractivity contribution in [3.8, 4) is 0 Å². The van der Waals surface area contributed by atoms with Crippen LogP contribution in [0.25, 0.3) is 0 Å². The Hall–Kier alpha value is -0.790. The molecule has 2 nitrogen and oxygen atoms in total. The highest BCUT2D eigenvalue weighted by molar-refractivity contribution is 5.19. The first kappa shape index (κ1) is 10.3. The normalized spacial score (nSPS) is 12.5. The Bertz CT molecular complexity index is 290. The summed E-state index contributed by atoms with van der Waals surface area (Å²) in [7, 11) is 0. The van der Waals surface area contributed by atoms with E-state index in [-0.39, 0.29) is 5.54 Å². The molecule has 0 radical (unpaired) electrons. The van der Waals surface area contributed by atoms with Crippen LogP contribution < -0.4 is 0 Å². The summed E-state index contributed by atoms with van der Waals surface area (Å²) in [4.78, 5) is 0. The van der Waals surface area contributed by atoms with E-state index in [2.05, 4.69) is 57.5 Å². The summed E-state index contributed by atoms with van der Waals surface area (Å²) in [6, 6.07) is 0. The molecule has 0 unspecified atom stereocenters. The van der Waals surface area contributed by atoms with Crippen LogP contribution in [-0.4, -0.2) is 9.78 Å². The first-order valence-electron chi connectivity index (χ1n) is 4.89. The number of aryl methyl sites for hydroxylation is 1. The van der Waals surface area contributed by atoms with Gasteiger partial charge in [0, 0.05) is 6.20 Å². The smallest absolute Gasteiger partial charge is 0.0628 e. The molecule has 0 bridgehead atoms. The summed E-state index contributed by atoms with van der Waals surface area (Å²) in [5.74, 6) is 0.566. The lowest BCUT2D eigenvalue weighted by molar-refractivity contribution is 0.354. The number of hydrogen-bond acceptors (Lipinski definition) is 1. The van der Waals surface area contributed by atoms with Crippen molar-refractivity contribution in [2.75, 3.05) is 0 Å². The zero-order chi connectivity index (χ0) is 10.2. The molecule has 1 aromatic heterocycles. The lowest BCUT2D eigenvalue weighted by Gasteiger charge is -2.18. The fourth-order valence-corrected chi connectivity index (χ4v) is 1.38. The second-order valence-electron chi connectivity index (χ2n) is 4.94. The molecule has 0 N–H and O–H groups in total. The Balaban J connectivity index is 3.10. The number of aromatic nitrogens is 2. The summed E-state index contributed by atoms with van der Waals surface area (Å²) in [5, 5.41) is 4.52. The first-order chi connectivity index (χ1) is 5.82. The van der Waals surface area contributed by atoms with Gasteiger partial charge in [-0.25, -0.2) is 0 Å². The maximum Gasteiger partial charge on any atom is 0.0628 e. The van der Waals surface area contributed by atoms with Crippen molar-refractivity contribution < 1.29 is 0 Å². The molecule has 13 heavy (non-hydrogen) atoms. The summed E-state index contributed by atoms with van der Waals surface area (Å²) in [5.41, 5.74) is 2.61. The number of hydrogen-bond donors (Lipinski definition) is 0. The highest BCUT2D eigenvalue weighted by Gasteiger charge is 2.17. The third-order valence-electron chi connectivity index (χ3n) is 2.25. The van der Waals surface area contributed by atoms with Crippen LogP contribution in [-0.2, 0) is 5.54 Å². The minimum absolute atomic E-state index is 0.0951. The topological polar surface area (TPSA) is 17.8 Å². The van der Waals surface area contributed by atoms with Gasteiger partial charge in [0.15, 0.2) is 0 Å². The lowest BCUT2D eigenvalue weighted by Crippen LogP contribution is -2.22. The van der Waals surface area contributed by atoms with Gasteiger partial charge in [0.25, 0.3) is 0 Å². The Kier molecular flexibility index (Phi) is 2.51. The molecule has 0 aliphatic carbocycles. The second kappa shape index (κ2) is 3.17. The second-order valence-corrected chi connectivity index (χ2v) is 4.94. The van der Waals surface area contributed by atoms with Crippen LogP contribution >= 0.6 is 0 Å². The van der Waals surface area contributed by atoms with Gasteiger partial charge < -0.3 is 0 Å². The molecule has 0 aliphatic heterocycles. The fraction of sp³-hybridized carbons (Fsp3) is 0.727. The van der Waals surface area contributed by atoms with Crippen LogP contribution in [0.15, 0.2) is 6.20 Å². The third kappa shape index (κ3) is 2.11. The van der Waals surface area contributed by atoms with Crippen LogP contribution in [0.3, 0.4) is 0 Å². The van der Waals surface area contributed by atoms with Crippen LogP contribution in [0.2, 0.25) is 0 Å². The molecule has 0 aliphatic rings. The lowest BCUT2D eigenvalue weighted by atomic mass is 10.0. The van der Waals surface area contributed by atoms with Crippen molar-refractivity contribution in [2.24, 2.45) is 0 Å². The summed E-state index contributed by atoms with van der Waals surface area (Å²) in [6.07, 6.45) is 2.17. The van der Waals surface area contributed by atoms with Crippen LogP contribution in [0.1, 0.15) is 51.8 Å². The molecule has 0 atom stereocenters. The Morgan fingerprint density at radius 1 is 1.31 bits per heavy atom. The molecule has 0 saturated heterocycles. The SMILES string of the molecule is Cc1nn(C(C)(C)C)cc1C(C)C. The summed E-state index contributed by atoms with van der Waals surface area (Å²) in [6.45, 7) is 13.0. The van der Waals surface area contributed by atoms with Crippen molar-refractivity contribution in [3.05, 3.63) is 17.5 Å². The van der Waals surface area contributed by atoms with Gasteiger partial charge in [-0.05, 0) is 39.2 Å². The first-order valence-corrected chi connectivity index (χ1v) is 4.89. The fourth-order valence-electron chi connectivity index (χ4n) is 1.38. The molecular weight excluding hydrogens is 160 g/mol. The quantitative estimate of drug-likeness (QED) is 0.649. The maximum absolute atomic E-state index is 4.52. The van der Waals surface area contributed by atoms with Gasteiger partial charge in [-0.2, -0.15) is 5.10 Å². The van der Waals surface area contributed by atoms with E-state index < -0.39 is 0 Å². The summed E-state index contributed by atoms with van der Waals surface area (Å²) < 4.78 is 2.05. The predicted molar refractivity (Wildman–Crippen MR) is 56.0 cm³/mol. The molecule has 0 aromatic carbocycles. The monoisotopic (exact) mass is 180 g/mol. The molecule has 0 spiro atoms. The van der Waals surface area contributed by atoms with E-state index in [4.69, 9.17) is 0 Å². The van der Waals surface area contributed by atoms with Gasteiger partial charge in [0.05, 0.1) is 11.2 Å². The Labute approximate surface area is 81.0 Å². The van der Waals surface area contributed by atoms with Crippen LogP contribution in [0.4, 0.5) is 0 Å². The predicted octanol–water partition coefficient (Wildman–Crippen LogP) is 3.07. The van der Waals surface area contributed by atoms with Gasteiger partial charge in [-0.1, -0.05) is 13.8 Å². The third-order valence-corrected chi connectivity index (χ3v) is 2.25. The van der Waals surface area contributed by atoms with Crippen LogP contribution in [0, 0.1) is 6.92 Å². The molecule has 0 amide bonds. The average molecular weight is 180 g/mol. The molecular formula is C11H20N2. The van der Waals surface area contributed by atoms with Gasteiger partial charge in [0.2, 0.25) is 0 Å². The van der Waals surface area contributed by atoms with Gasteiger partial charge in [-0.15, -0.1) is 0 Å². The van der Waals surface area contributed by atoms with E-state index in [0.717, 1.165) is 5.69 Å². The van der Waals surface area contributed by atoms with Crippen molar-refractivity contribution in [1.82, 2.24) is 9.78 Å². The van der Waals surface area contributed by atoms with Crippen LogP contribution in [0.5, 0.6) is 0 Å². The Morgan fingerprint density at radius 3 is 2.08 bits per heavy atom. The van der Waals surface area contributed by atoms with Crippen molar-refractivity contribution in [3.63, 3.8) is 0 Å². The minimum Gasteiger partial charge on any atom is -0.267 e. The van der Waals surface area contributed by atoms with Gasteiger partial charge in [0.1, 0.15) is 0 Å². The van der Waals surface area contributed by atoms with Crippen molar-refractivity contribution in [2.45, 2.75) is 53.0 Å². The zero-order valence-corrected chi connectivity index (χ0v) is 9.55. The van der Waals surface area contributed by atoms with Gasteiger partial charge >= 0.3 is 0 Å². The van der Waals surface area contributed by atoms with E-state index in [1.165, 1.54) is 5.56 Å². The maximum atomic E-state index is 4.52. The molecule has 0 fully saturated rings. The average Bonchev–Trinajstić information content (AvgIpc) is 2.29. The van der Waals surface area contributed by atoms with Crippen molar-refractivity contribution in [1.29, 1.82) is 0 Å². The molecule has 0 saturated carbocycles. The largest absolute Gasteiger partial charge is 0.267 e. The van der Waals surface area contributed by atoms with E-state index in [9.17, 15) is 0 Å². The number of rotatable bonds is 1. The Morgan fingerprint density at radius 2 is 1.85 bits per heavy atom. The number of nitrogens with zero attached hydrogens (tertiary/aromatic N) is 2. The minimum atomic E-state index is 0.0951. The molecule has 1 rings (SSSR count). The standard InChI is InChI=1S/C11H20N2/c1-8(2)10-7-13(11(4,5)6)12-9(10)3/h7-8H,1-6H3. The van der Waals surface area contributed by atoms with E-state index in [1.54, 1.807) is 0 Å². The molecule has 1 aromatic rings. The van der Waals surface area contributed by atoms with Gasteiger partial charge in [-0.3, -0.25) is 4.68 Å². The van der Waals surface area contributed by atoms with E-state index in [1.807, 2.05) is 0 Å². The highest BCUT2D eigenvalue weighted by Crippen LogP contribution is 2.21. The van der Waals surface area contributed by atoms with E-state index in [0.29, 0.717) is 5.92 Å². The highest BCUT2D eigenvalue weighted by atomic mass is 15.3. The van der Waals surface area contributed by atoms with Crippen molar-refractivity contribution >= 4 is 0 Å². The molecule has 2 heteroatoms. The molecule has 1 heterocycles. The van der Waals surface area contributed by atoms with E-state index >= 15 is 0 Å². The zero-order valence-electron chi connectivity index (χ0n) is 9.55. The summed E-state index contributed by atoms with van der Waals surface area (Å²) >= 11 is 0. The molecule has 74 valence electrons.